The molecule has 2 fully saturated rings. The number of nitrogens with two attached hydrogens (primary N) is 2. The molecule has 4 aromatic carbocycles. The van der Waals surface area contributed by atoms with Gasteiger partial charge in [-0.3, -0.25) is 101 Å². The van der Waals surface area contributed by atoms with E-state index >= 15 is 0 Å². The van der Waals surface area contributed by atoms with Gasteiger partial charge in [-0.15, -0.1) is 0 Å². The van der Waals surface area contributed by atoms with E-state index in [1.54, 1.807) is 71.6 Å². The molecular weight excluding hydrogens is 1770 g/mol. The third-order valence-corrected chi connectivity index (χ3v) is 24.4. The zero-order valence-electron chi connectivity index (χ0n) is 74.7. The van der Waals surface area contributed by atoms with E-state index in [1.165, 1.54) is 66.7 Å². The van der Waals surface area contributed by atoms with Crippen molar-refractivity contribution in [2.45, 2.75) is 173 Å². The van der Waals surface area contributed by atoms with Gasteiger partial charge in [0.1, 0.15) is 23.3 Å². The Labute approximate surface area is 782 Å². The highest BCUT2D eigenvalue weighted by Gasteiger charge is 2.44. The van der Waals surface area contributed by atoms with E-state index in [0.717, 1.165) is 16.0 Å². The number of aliphatic hydroxyl groups is 1. The van der Waals surface area contributed by atoms with E-state index in [4.69, 9.17) is 23.1 Å². The number of nitrogens with one attached hydrogen (secondary N) is 6. The summed E-state index contributed by atoms with van der Waals surface area (Å²) in [5.74, 6) is -23.1. The summed E-state index contributed by atoms with van der Waals surface area (Å²) in [4.78, 5) is 241. The van der Waals surface area contributed by atoms with Crippen LogP contribution in [0, 0.1) is 41.4 Å². The summed E-state index contributed by atoms with van der Waals surface area (Å²) in [7, 11) is 0. The molecule has 38 nitrogen and oxygen atoms in total. The van der Waals surface area contributed by atoms with Crippen molar-refractivity contribution in [3.63, 3.8) is 0 Å². The molecule has 2 aliphatic rings. The Morgan fingerprint density at radius 1 is 0.485 bits per heavy atom. The Kier molecular flexibility index (Phi) is 46.2. The number of rotatable bonds is 55. The number of amides is 8. The molecule has 1 unspecified atom stereocenters. The first-order chi connectivity index (χ1) is 62.5. The lowest BCUT2D eigenvalue weighted by atomic mass is 9.86. The summed E-state index contributed by atoms with van der Waals surface area (Å²) in [6, 6.07) is 15.5. The van der Waals surface area contributed by atoms with Crippen molar-refractivity contribution in [3.8, 4) is 17.2 Å². The summed E-state index contributed by atoms with van der Waals surface area (Å²) in [6.07, 6.45) is -6.27. The lowest BCUT2D eigenvalue weighted by Gasteiger charge is -2.33. The fourth-order valence-electron chi connectivity index (χ4n) is 15.8. The van der Waals surface area contributed by atoms with Crippen LogP contribution in [0.2, 0.25) is 5.02 Å². The molecule has 4 aromatic rings. The molecule has 2 saturated heterocycles. The van der Waals surface area contributed by atoms with E-state index in [-0.39, 0.29) is 138 Å². The van der Waals surface area contributed by atoms with Crippen LogP contribution in [-0.2, 0) is 114 Å². The van der Waals surface area contributed by atoms with Gasteiger partial charge in [-0.1, -0.05) is 100 Å². The number of likely N-dealkylation sites (tertiary alicyclic amines) is 1. The number of carbonyl (C=O) groups excluding carboxylic acids is 13. The van der Waals surface area contributed by atoms with Crippen LogP contribution in [0.25, 0.3) is 0 Å². The Balaban J connectivity index is 1.16. The number of ketones is 5. The van der Waals surface area contributed by atoms with E-state index < -0.39 is 262 Å². The van der Waals surface area contributed by atoms with Gasteiger partial charge >= 0.3 is 23.9 Å². The van der Waals surface area contributed by atoms with Crippen LogP contribution in [0.4, 0.5) is 0 Å². The maximum absolute atomic E-state index is 14.9. The number of Topliss-reactive ketones (excluding diaryl/α,β-unsaturated/α-hetero) is 5. The summed E-state index contributed by atoms with van der Waals surface area (Å²) in [6.45, 7) is 5.00. The monoisotopic (exact) mass is 1900 g/mol. The predicted molar refractivity (Wildman–Crippen MR) is 490 cm³/mol. The van der Waals surface area contributed by atoms with Crippen molar-refractivity contribution in [1.82, 2.24) is 56.4 Å². The molecule has 0 bridgehead atoms. The number of benzene rings is 4. The second-order valence-corrected chi connectivity index (χ2v) is 35.5. The highest BCUT2D eigenvalue weighted by atomic mass is 35.5. The third kappa shape index (κ3) is 38.3. The largest absolute Gasteiger partial charge is 0.508 e. The van der Waals surface area contributed by atoms with Gasteiger partial charge in [0.2, 0.25) is 47.3 Å². The highest BCUT2D eigenvalue weighted by Crippen LogP contribution is 2.30. The molecule has 0 aliphatic carbocycles. The molecule has 6 rings (SSSR count). The van der Waals surface area contributed by atoms with Crippen molar-refractivity contribution >= 4 is 137 Å². The lowest BCUT2D eigenvalue weighted by Crippen LogP contribution is -2.54. The Morgan fingerprint density at radius 3 is 1.44 bits per heavy atom. The van der Waals surface area contributed by atoms with E-state index in [1.807, 2.05) is 0 Å². The molecule has 0 radical (unpaired) electrons. The quantitative estimate of drug-likeness (QED) is 0.0280. The molecule has 0 saturated carbocycles. The highest BCUT2D eigenvalue weighted by molar-refractivity contribution is 7.80. The standard InChI is InChI=1S/C91H126ClN13O25S2/c1-5-54(4)85(78(114)39-60(15-22-79(94)115)86(125)95-44-58-8-6-57(43-93)7-9-58)100-90(129)64(33-55-10-17-65(106)18-11-55)40-76(112)71(51-131)98-89(128)62(32-53(2)3)37-67(108)45-96-87(126)63(34-59-14-21-74(110)69(92)35-59)41-77(113)73-42-68(109)46-105(73)91(130)72(52-132)99-88(127)61(16-23-81(117)118)38-75(111)70(36-56-12-19-66(107)20-13-56)97-80(116)47-101-24-26-102(48-82(119)120)28-30-104(50-84(123)124)31-29-103(27-25-101)49-83(121)122/h6-14,17-21,35,53-54,60-64,68,70-73,85,106-107,109-110,131-132H,5,15-16,22-34,36-52,93H2,1-4H3,(H2,94,115)(H,95,125)(H,96,126)(H,97,116)(H,98,128)(H,99,127)(H,100,129)(H,117,118)(H,119,120)(H,121,122)(H,123,124)/t54?,60-,61+,62-,63-,64-,68-,70+,71+,72+,73+,85+/m1/s1. The molecule has 724 valence electrons. The zero-order valence-corrected chi connectivity index (χ0v) is 77.2. The maximum Gasteiger partial charge on any atom is 0.317 e. The van der Waals surface area contributed by atoms with Gasteiger partial charge in [0.05, 0.1) is 68.0 Å². The fourth-order valence-corrected chi connectivity index (χ4v) is 16.5. The number of phenols is 3. The average Bonchev–Trinajstić information content (AvgIpc) is 1.63. The molecule has 0 spiro atoms. The van der Waals surface area contributed by atoms with Gasteiger partial charge in [-0.05, 0) is 115 Å². The van der Waals surface area contributed by atoms with Crippen molar-refractivity contribution in [3.05, 3.63) is 124 Å². The van der Waals surface area contributed by atoms with Crippen LogP contribution in [-0.4, -0.2) is 305 Å². The Bertz CT molecular complexity index is 4600. The van der Waals surface area contributed by atoms with Gasteiger partial charge in [0.25, 0.3) is 0 Å². The van der Waals surface area contributed by atoms with Crippen molar-refractivity contribution in [1.29, 1.82) is 0 Å². The van der Waals surface area contributed by atoms with E-state index in [2.05, 4.69) is 57.2 Å². The lowest BCUT2D eigenvalue weighted by molar-refractivity contribution is -0.142. The van der Waals surface area contributed by atoms with E-state index in [0.29, 0.717) is 29.7 Å². The normalized spacial score (nSPS) is 17.2. The van der Waals surface area contributed by atoms with Gasteiger partial charge < -0.3 is 89.1 Å². The molecule has 8 amide bonds. The van der Waals surface area contributed by atoms with Gasteiger partial charge in [0, 0.05) is 164 Å². The minimum atomic E-state index is -1.63. The van der Waals surface area contributed by atoms with Gasteiger partial charge in [0.15, 0.2) is 28.9 Å². The minimum absolute atomic E-state index is 0.0234. The number of phenolic OH excluding ortho intramolecular Hbond substituents is 3. The number of aliphatic carboxylic acids is 4. The maximum atomic E-state index is 14.9. The number of hydrogen-bond acceptors (Lipinski definition) is 28. The topological polar surface area (TPSA) is 592 Å². The smallest absolute Gasteiger partial charge is 0.317 e. The number of primary amides is 1. The number of halogens is 1. The number of carboxylic acid groups (broad SMARTS) is 4. The molecule has 132 heavy (non-hydrogen) atoms. The fraction of sp³-hybridized carbons (Fsp3) is 0.549. The first kappa shape index (κ1) is 110. The number of carboxylic acids is 4. The number of carbonyl (C=O) groups is 17. The van der Waals surface area contributed by atoms with Crippen LogP contribution in [0.5, 0.6) is 17.2 Å². The second kappa shape index (κ2) is 55.5. The Hall–Kier alpha value is -11.0. The molecule has 2 heterocycles. The van der Waals surface area contributed by atoms with Gasteiger partial charge in [-0.25, -0.2) is 0 Å². The predicted octanol–water partition coefficient (Wildman–Crippen LogP) is 1.71. The third-order valence-electron chi connectivity index (χ3n) is 23.4. The molecule has 2 aliphatic heterocycles. The van der Waals surface area contributed by atoms with Crippen molar-refractivity contribution in [2.24, 2.45) is 52.9 Å². The van der Waals surface area contributed by atoms with Crippen LogP contribution in [0.3, 0.4) is 0 Å². The molecule has 41 heteroatoms. The Morgan fingerprint density at radius 2 is 0.932 bits per heavy atom. The summed E-state index contributed by atoms with van der Waals surface area (Å²) >= 11 is 15.1. The molecular formula is C91H126ClN13O25S2. The van der Waals surface area contributed by atoms with Crippen molar-refractivity contribution in [2.75, 3.05) is 103 Å². The summed E-state index contributed by atoms with van der Waals surface area (Å²) in [5, 5.41) is 97.0. The zero-order chi connectivity index (χ0) is 97.6. The number of β-amino-alcohol motifs (C(OH)–C–C–N with tert-alkyl or cyclic N) is 1. The second-order valence-electron chi connectivity index (χ2n) is 34.3. The minimum Gasteiger partial charge on any atom is -0.508 e. The summed E-state index contributed by atoms with van der Waals surface area (Å²) < 4.78 is 0. The van der Waals surface area contributed by atoms with Crippen LogP contribution >= 0.6 is 36.9 Å². The van der Waals surface area contributed by atoms with Crippen LogP contribution in [0.15, 0.2) is 91.0 Å². The van der Waals surface area contributed by atoms with E-state index in [9.17, 15) is 122 Å². The van der Waals surface area contributed by atoms with Crippen molar-refractivity contribution < 1.29 is 122 Å². The first-order valence-electron chi connectivity index (χ1n) is 44.0. The molecule has 18 N–H and O–H groups in total. The first-order valence-corrected chi connectivity index (χ1v) is 45.6. The number of thiol groups is 2. The SMILES string of the molecule is CCC(C)[C@H](NC(=O)[C@@H](CC(=O)[C@H](CS)NC(=O)[C@@H](CC(=O)CNC(=O)[C@@H](CC(=O)[C@@H]1C[C@@H](O)CN1C(=O)[C@H](CS)NC(=O)[C@@H](CCC(=O)O)CC(=O)[C@H](Cc1ccc(O)cc1)NC(=O)CN1CCN(CC(=O)O)CCN(CC(=O)O)CCN(CC(=O)O)CC1)Cc1ccc(O)c(Cl)c1)CC(C)C)Cc1ccc(O)cc1)C(=O)C[C@@H](CCC(N)=O)C(=O)NCc1ccc(CN)cc1. The van der Waals surface area contributed by atoms with Crippen LogP contribution in [0.1, 0.15) is 133 Å². The average molecular weight is 1900 g/mol. The molecule has 0 aromatic heterocycles. The summed E-state index contributed by atoms with van der Waals surface area (Å²) in [5.41, 5.74) is 14.1. The number of hydrogen-bond donors (Lipinski definition) is 18. The van der Waals surface area contributed by atoms with Gasteiger partial charge in [-0.2, -0.15) is 25.3 Å². The van der Waals surface area contributed by atoms with Crippen LogP contribution < -0.4 is 43.4 Å². The number of aromatic hydroxyl groups is 3. The number of nitrogens with zero attached hydrogens (tertiary/aromatic N) is 5. The number of aliphatic hydroxyl groups excluding tert-OH is 1. The molecule has 12 atom stereocenters.